The molecule has 1 aromatic rings. The van der Waals surface area contributed by atoms with Crippen LogP contribution in [0, 0.1) is 0 Å². The van der Waals surface area contributed by atoms with Crippen molar-refractivity contribution in [2.24, 2.45) is 0 Å². The Labute approximate surface area is 107 Å². The van der Waals surface area contributed by atoms with E-state index in [1.54, 1.807) is 11.6 Å². The molecule has 0 radical (unpaired) electrons. The number of rotatable bonds is 5. The maximum atomic E-state index is 12.0. The SMILES string of the molecule is CCn1cc(S(=O)(=O)NCC(O)C(F)(F)F)c(N)n1. The van der Waals surface area contributed by atoms with Gasteiger partial charge in [-0.2, -0.15) is 18.3 Å². The molecule has 0 saturated carbocycles. The minimum absolute atomic E-state index is 0.323. The fourth-order valence-corrected chi connectivity index (χ4v) is 2.28. The summed E-state index contributed by atoms with van der Waals surface area (Å²) < 4.78 is 62.4. The minimum Gasteiger partial charge on any atom is -0.382 e. The molecule has 19 heavy (non-hydrogen) atoms. The Morgan fingerprint density at radius 2 is 2.16 bits per heavy atom. The molecular weight excluding hydrogens is 289 g/mol. The Morgan fingerprint density at radius 1 is 1.58 bits per heavy atom. The first-order chi connectivity index (χ1) is 8.58. The van der Waals surface area contributed by atoms with E-state index in [0.29, 0.717) is 6.54 Å². The molecule has 1 aromatic heterocycles. The molecule has 110 valence electrons. The van der Waals surface area contributed by atoms with Crippen LogP contribution in [0.15, 0.2) is 11.1 Å². The Hall–Kier alpha value is -1.33. The van der Waals surface area contributed by atoms with E-state index < -0.39 is 33.7 Å². The largest absolute Gasteiger partial charge is 0.415 e. The van der Waals surface area contributed by atoms with E-state index in [4.69, 9.17) is 10.8 Å². The van der Waals surface area contributed by atoms with E-state index in [9.17, 15) is 21.6 Å². The van der Waals surface area contributed by atoms with E-state index in [-0.39, 0.29) is 5.82 Å². The molecule has 1 rings (SSSR count). The van der Waals surface area contributed by atoms with Gasteiger partial charge in [0, 0.05) is 19.3 Å². The van der Waals surface area contributed by atoms with Gasteiger partial charge in [0.05, 0.1) is 0 Å². The van der Waals surface area contributed by atoms with E-state index in [1.807, 2.05) is 0 Å². The number of aryl methyl sites for hydroxylation is 1. The van der Waals surface area contributed by atoms with E-state index in [0.717, 1.165) is 6.20 Å². The van der Waals surface area contributed by atoms with Crippen LogP contribution in [0.4, 0.5) is 19.0 Å². The van der Waals surface area contributed by atoms with Gasteiger partial charge in [0.2, 0.25) is 10.0 Å². The number of alkyl halides is 3. The zero-order chi connectivity index (χ0) is 14.8. The number of nitrogens with one attached hydrogen (secondary N) is 1. The molecule has 0 amide bonds. The first-order valence-corrected chi connectivity index (χ1v) is 6.63. The number of nitrogens with zero attached hydrogens (tertiary/aromatic N) is 2. The van der Waals surface area contributed by atoms with Crippen LogP contribution < -0.4 is 10.5 Å². The van der Waals surface area contributed by atoms with Crippen LogP contribution in [0.3, 0.4) is 0 Å². The van der Waals surface area contributed by atoms with Crippen LogP contribution in [0.25, 0.3) is 0 Å². The lowest BCUT2D eigenvalue weighted by Crippen LogP contribution is -2.40. The van der Waals surface area contributed by atoms with Crippen LogP contribution in [0.2, 0.25) is 0 Å². The van der Waals surface area contributed by atoms with Crippen LogP contribution in [0.5, 0.6) is 0 Å². The minimum atomic E-state index is -4.90. The van der Waals surface area contributed by atoms with Gasteiger partial charge < -0.3 is 10.8 Å². The van der Waals surface area contributed by atoms with Gasteiger partial charge in [0.15, 0.2) is 11.9 Å². The number of aliphatic hydroxyl groups is 1. The van der Waals surface area contributed by atoms with Crippen LogP contribution in [0.1, 0.15) is 6.92 Å². The topological polar surface area (TPSA) is 110 Å². The second-order valence-electron chi connectivity index (χ2n) is 3.64. The van der Waals surface area contributed by atoms with Gasteiger partial charge in [-0.25, -0.2) is 13.1 Å². The standard InChI is InChI=1S/C8H13F3N4O3S/c1-2-15-4-5(7(12)14-15)19(17,18)13-3-6(16)8(9,10)11/h4,6,13,16H,2-3H2,1H3,(H2,12,14). The molecule has 0 aliphatic rings. The molecule has 0 spiro atoms. The summed E-state index contributed by atoms with van der Waals surface area (Å²) in [6.07, 6.45) is -6.59. The maximum Gasteiger partial charge on any atom is 0.415 e. The van der Waals surface area contributed by atoms with E-state index in [1.165, 1.54) is 4.68 Å². The lowest BCUT2D eigenvalue weighted by molar-refractivity contribution is -0.200. The maximum absolute atomic E-state index is 12.0. The second-order valence-corrected chi connectivity index (χ2v) is 5.38. The number of sulfonamides is 1. The molecule has 0 aliphatic heterocycles. The first-order valence-electron chi connectivity index (χ1n) is 5.15. The van der Waals surface area contributed by atoms with Crippen molar-refractivity contribution < 1.29 is 26.7 Å². The number of aromatic nitrogens is 2. The highest BCUT2D eigenvalue weighted by Gasteiger charge is 2.39. The van der Waals surface area contributed by atoms with Gasteiger partial charge in [-0.1, -0.05) is 0 Å². The summed E-state index contributed by atoms with van der Waals surface area (Å²) in [5, 5.41) is 12.4. The summed E-state index contributed by atoms with van der Waals surface area (Å²) in [6, 6.07) is 0. The number of nitrogens with two attached hydrogens (primary N) is 1. The molecule has 0 saturated heterocycles. The van der Waals surface area contributed by atoms with Crippen LogP contribution in [-0.2, 0) is 16.6 Å². The average Bonchev–Trinajstić information content (AvgIpc) is 2.67. The predicted octanol–water partition coefficient (Wildman–Crippen LogP) is -0.313. The molecule has 1 heterocycles. The molecule has 1 unspecified atom stereocenters. The first kappa shape index (κ1) is 15.7. The molecule has 0 aliphatic carbocycles. The van der Waals surface area contributed by atoms with Crippen molar-refractivity contribution in [3.63, 3.8) is 0 Å². The molecule has 7 nitrogen and oxygen atoms in total. The third-order valence-corrected chi connectivity index (χ3v) is 3.65. The quantitative estimate of drug-likeness (QED) is 0.691. The fourth-order valence-electron chi connectivity index (χ4n) is 1.17. The number of anilines is 1. The van der Waals surface area contributed by atoms with Crippen molar-refractivity contribution in [3.8, 4) is 0 Å². The average molecular weight is 302 g/mol. The molecular formula is C8H13F3N4O3S. The van der Waals surface area contributed by atoms with E-state index >= 15 is 0 Å². The monoisotopic (exact) mass is 302 g/mol. The van der Waals surface area contributed by atoms with Crippen molar-refractivity contribution in [3.05, 3.63) is 6.20 Å². The summed E-state index contributed by atoms with van der Waals surface area (Å²) in [4.78, 5) is -0.427. The number of hydrogen-bond donors (Lipinski definition) is 3. The zero-order valence-electron chi connectivity index (χ0n) is 9.85. The Bertz CT molecular complexity index is 540. The smallest absolute Gasteiger partial charge is 0.382 e. The highest BCUT2D eigenvalue weighted by atomic mass is 32.2. The highest BCUT2D eigenvalue weighted by molar-refractivity contribution is 7.89. The third kappa shape index (κ3) is 3.81. The summed E-state index contributed by atoms with van der Waals surface area (Å²) in [6.45, 7) is 0.844. The Morgan fingerprint density at radius 3 is 2.58 bits per heavy atom. The fraction of sp³-hybridized carbons (Fsp3) is 0.625. The number of aliphatic hydroxyl groups excluding tert-OH is 1. The van der Waals surface area contributed by atoms with Gasteiger partial charge in [-0.15, -0.1) is 0 Å². The third-order valence-electron chi connectivity index (χ3n) is 2.21. The summed E-state index contributed by atoms with van der Waals surface area (Å²) >= 11 is 0. The lowest BCUT2D eigenvalue weighted by atomic mass is 10.4. The predicted molar refractivity (Wildman–Crippen MR) is 59.6 cm³/mol. The van der Waals surface area contributed by atoms with Crippen molar-refractivity contribution in [2.45, 2.75) is 30.6 Å². The molecule has 1 atom stereocenters. The summed E-state index contributed by atoms with van der Waals surface area (Å²) in [5.74, 6) is -0.323. The number of hydrogen-bond acceptors (Lipinski definition) is 5. The number of halogens is 3. The van der Waals surface area contributed by atoms with E-state index in [2.05, 4.69) is 5.10 Å². The van der Waals surface area contributed by atoms with Gasteiger partial charge in [0.25, 0.3) is 0 Å². The zero-order valence-corrected chi connectivity index (χ0v) is 10.7. The number of nitrogen functional groups attached to an aromatic ring is 1. The van der Waals surface area contributed by atoms with Crippen LogP contribution in [-0.4, -0.2) is 42.1 Å². The summed E-state index contributed by atoms with van der Waals surface area (Å²) in [7, 11) is -4.25. The molecule has 11 heteroatoms. The van der Waals surface area contributed by atoms with Gasteiger partial charge in [-0.05, 0) is 6.92 Å². The van der Waals surface area contributed by atoms with Crippen molar-refractivity contribution in [1.29, 1.82) is 0 Å². The van der Waals surface area contributed by atoms with Crippen LogP contribution >= 0.6 is 0 Å². The Kier molecular flexibility index (Phi) is 4.43. The van der Waals surface area contributed by atoms with Gasteiger partial charge >= 0.3 is 6.18 Å². The Balaban J connectivity index is 2.84. The summed E-state index contributed by atoms with van der Waals surface area (Å²) in [5.41, 5.74) is 5.36. The van der Waals surface area contributed by atoms with Crippen molar-refractivity contribution in [1.82, 2.24) is 14.5 Å². The van der Waals surface area contributed by atoms with Gasteiger partial charge in [-0.3, -0.25) is 4.68 Å². The molecule has 0 fully saturated rings. The second kappa shape index (κ2) is 5.35. The van der Waals surface area contributed by atoms with Crippen molar-refractivity contribution in [2.75, 3.05) is 12.3 Å². The van der Waals surface area contributed by atoms with Crippen molar-refractivity contribution >= 4 is 15.8 Å². The molecule has 4 N–H and O–H groups in total. The van der Waals surface area contributed by atoms with Gasteiger partial charge in [0.1, 0.15) is 4.90 Å². The lowest BCUT2D eigenvalue weighted by Gasteiger charge is -2.14. The highest BCUT2D eigenvalue weighted by Crippen LogP contribution is 2.20. The molecule has 0 aromatic carbocycles. The molecule has 0 bridgehead atoms. The normalized spacial score (nSPS) is 14.6.